The second kappa shape index (κ2) is 2.57. The zero-order chi connectivity index (χ0) is 11.8. The number of aliphatic hydroxyl groups is 4. The van der Waals surface area contributed by atoms with E-state index in [1.165, 1.54) is 0 Å². The molecule has 5 unspecified atom stereocenters. The van der Waals surface area contributed by atoms with Crippen LogP contribution >= 0.6 is 7.67 Å². The van der Waals surface area contributed by atoms with Gasteiger partial charge in [-0.15, -0.1) is 4.67 Å². The Hall–Kier alpha value is -0.130. The highest BCUT2D eigenvalue weighted by Gasteiger charge is 2.82. The first-order valence-corrected chi connectivity index (χ1v) is 5.44. The molecule has 10 nitrogen and oxygen atoms in total. The van der Waals surface area contributed by atoms with E-state index in [1.807, 2.05) is 0 Å². The number of nitrogens with two attached hydrogens (primary N) is 2. The average Bonchev–Trinajstić information content (AvgIpc) is 2.69. The lowest BCUT2D eigenvalue weighted by Gasteiger charge is -2.14. The van der Waals surface area contributed by atoms with E-state index < -0.39 is 31.8 Å². The molecule has 2 saturated heterocycles. The quantitative estimate of drug-likeness (QED) is 0.142. The lowest BCUT2D eigenvalue weighted by molar-refractivity contribution is 0.0281. The monoisotopic (exact) mass is 242 g/mol. The van der Waals surface area contributed by atoms with Crippen LogP contribution in [0.15, 0.2) is 0 Å². The summed E-state index contributed by atoms with van der Waals surface area (Å²) in [4.78, 5) is 9.41. The summed E-state index contributed by atoms with van der Waals surface area (Å²) in [5, 5.41) is 36.3. The predicted molar refractivity (Wildman–Crippen MR) is 43.8 cm³/mol. The van der Waals surface area contributed by atoms with Gasteiger partial charge < -0.3 is 25.3 Å². The first-order valence-electron chi connectivity index (χ1n) is 3.87. The predicted octanol–water partition coefficient (Wildman–Crippen LogP) is -4.44. The number of rotatable bonds is 2. The van der Waals surface area contributed by atoms with Gasteiger partial charge in [-0.05, 0) is 0 Å². The van der Waals surface area contributed by atoms with Gasteiger partial charge in [-0.25, -0.2) is 0 Å². The highest BCUT2D eigenvalue weighted by atomic mass is 31.2. The molecule has 0 aliphatic carbocycles. The first kappa shape index (κ1) is 11.4. The van der Waals surface area contributed by atoms with Crippen LogP contribution < -0.4 is 11.5 Å². The summed E-state index contributed by atoms with van der Waals surface area (Å²) in [6.07, 6.45) is -3.10. The minimum absolute atomic E-state index is 0.104. The minimum Gasteiger partial charge on any atom is -0.374 e. The Labute approximate surface area is 83.5 Å². The minimum atomic E-state index is -4.55. The molecule has 9 N–H and O–H groups in total. The Balaban J connectivity index is 2.24. The van der Waals surface area contributed by atoms with E-state index in [4.69, 9.17) is 21.7 Å². The molecule has 0 bridgehead atoms. The second-order valence-electron chi connectivity index (χ2n) is 3.48. The maximum Gasteiger partial charge on any atom is 0.355 e. The van der Waals surface area contributed by atoms with E-state index in [9.17, 15) is 19.7 Å². The largest absolute Gasteiger partial charge is 0.374 e. The second-order valence-corrected chi connectivity index (χ2v) is 5.37. The van der Waals surface area contributed by atoms with Gasteiger partial charge in [0.25, 0.3) is 0 Å². The lowest BCUT2D eigenvalue weighted by Crippen LogP contribution is -2.40. The Kier molecular flexibility index (Phi) is 1.95. The zero-order valence-electron chi connectivity index (χ0n) is 7.30. The Morgan fingerprint density at radius 1 is 1.13 bits per heavy atom. The topological polar surface area (TPSA) is 176 Å². The molecule has 2 fully saturated rings. The third kappa shape index (κ3) is 1.17. The molecule has 2 aliphatic heterocycles. The summed E-state index contributed by atoms with van der Waals surface area (Å²) >= 11 is 0. The van der Waals surface area contributed by atoms with Crippen molar-refractivity contribution in [1.82, 2.24) is 9.34 Å². The van der Waals surface area contributed by atoms with Crippen LogP contribution in [-0.2, 0) is 4.57 Å². The van der Waals surface area contributed by atoms with E-state index in [-0.39, 0.29) is 4.67 Å². The van der Waals surface area contributed by atoms with Gasteiger partial charge in [-0.1, -0.05) is 0 Å². The molecule has 0 aromatic carbocycles. The SMILES string of the molecule is NC1(O)N(P(=O)(O)N2C(O)C2O)C1(N)O. The number of aliphatic hydroxyl groups excluding tert-OH is 2. The molecular weight excluding hydrogens is 231 g/mol. The van der Waals surface area contributed by atoms with E-state index in [1.54, 1.807) is 0 Å². The fraction of sp³-hybridized carbons (Fsp3) is 1.00. The van der Waals surface area contributed by atoms with Crippen LogP contribution in [0.4, 0.5) is 0 Å². The van der Waals surface area contributed by atoms with Crippen molar-refractivity contribution in [1.29, 1.82) is 0 Å². The average molecular weight is 242 g/mol. The van der Waals surface area contributed by atoms with E-state index in [0.717, 1.165) is 0 Å². The van der Waals surface area contributed by atoms with Crippen LogP contribution in [0.2, 0.25) is 0 Å². The molecule has 2 rings (SSSR count). The summed E-state index contributed by atoms with van der Waals surface area (Å²) in [6.45, 7) is 0. The molecule has 5 atom stereocenters. The molecule has 15 heavy (non-hydrogen) atoms. The smallest absolute Gasteiger partial charge is 0.355 e. The van der Waals surface area contributed by atoms with Crippen LogP contribution in [0.25, 0.3) is 0 Å². The summed E-state index contributed by atoms with van der Waals surface area (Å²) in [5.74, 6) is -5.14. The molecule has 2 heterocycles. The van der Waals surface area contributed by atoms with Crippen LogP contribution in [0.1, 0.15) is 0 Å². The fourth-order valence-electron chi connectivity index (χ4n) is 1.36. The Morgan fingerprint density at radius 2 is 1.47 bits per heavy atom. The molecule has 88 valence electrons. The summed E-state index contributed by atoms with van der Waals surface area (Å²) in [5.41, 5.74) is 10.0. The fourth-order valence-corrected chi connectivity index (χ4v) is 3.41. The van der Waals surface area contributed by atoms with Crippen molar-refractivity contribution in [2.75, 3.05) is 0 Å². The number of hydrogen-bond donors (Lipinski definition) is 7. The van der Waals surface area contributed by atoms with Gasteiger partial charge in [-0.3, -0.25) is 16.0 Å². The molecule has 0 aromatic rings. The van der Waals surface area contributed by atoms with Crippen molar-refractivity contribution in [3.8, 4) is 0 Å². The molecule has 2 aliphatic rings. The molecule has 0 amide bonds. The van der Waals surface area contributed by atoms with Gasteiger partial charge in [0.05, 0.1) is 0 Å². The van der Waals surface area contributed by atoms with Gasteiger partial charge >= 0.3 is 7.67 Å². The van der Waals surface area contributed by atoms with Crippen LogP contribution in [0, 0.1) is 0 Å². The van der Waals surface area contributed by atoms with Gasteiger partial charge in [0.15, 0.2) is 12.5 Å². The molecule has 11 heteroatoms. The maximum atomic E-state index is 11.6. The van der Waals surface area contributed by atoms with Gasteiger partial charge in [0.1, 0.15) is 0 Å². The van der Waals surface area contributed by atoms with Crippen molar-refractivity contribution in [2.24, 2.45) is 11.5 Å². The van der Waals surface area contributed by atoms with Gasteiger partial charge in [0.2, 0.25) is 11.7 Å². The molecule has 0 saturated carbocycles. The van der Waals surface area contributed by atoms with Crippen LogP contribution in [0.3, 0.4) is 0 Å². The standard InChI is InChI=1S/C4H11N4O6P/c5-3(11)4(6,12)8(3)15(13,14)7-1(9)2(7)10/h1-2,9-12H,5-6H2,(H,13,14). The highest BCUT2D eigenvalue weighted by molar-refractivity contribution is 7.53. The zero-order valence-corrected chi connectivity index (χ0v) is 8.19. The lowest BCUT2D eigenvalue weighted by atomic mass is 10.5. The van der Waals surface area contributed by atoms with E-state index in [0.29, 0.717) is 4.67 Å². The van der Waals surface area contributed by atoms with Crippen molar-refractivity contribution >= 4 is 7.67 Å². The summed E-state index contributed by atoms with van der Waals surface area (Å²) in [7, 11) is -4.55. The summed E-state index contributed by atoms with van der Waals surface area (Å²) in [6, 6.07) is 0. The van der Waals surface area contributed by atoms with Gasteiger partial charge in [0, 0.05) is 0 Å². The Morgan fingerprint density at radius 3 is 1.67 bits per heavy atom. The number of nitrogens with zero attached hydrogens (tertiary/aromatic N) is 2. The highest BCUT2D eigenvalue weighted by Crippen LogP contribution is 2.68. The van der Waals surface area contributed by atoms with Gasteiger partial charge in [-0.2, -0.15) is 4.67 Å². The van der Waals surface area contributed by atoms with Crippen molar-refractivity contribution in [2.45, 2.75) is 24.2 Å². The number of hydrogen-bond acceptors (Lipinski definition) is 7. The summed E-state index contributed by atoms with van der Waals surface area (Å²) < 4.78 is 12.1. The van der Waals surface area contributed by atoms with Crippen molar-refractivity contribution < 1.29 is 29.9 Å². The third-order valence-electron chi connectivity index (χ3n) is 2.42. The van der Waals surface area contributed by atoms with E-state index in [2.05, 4.69) is 0 Å². The maximum absolute atomic E-state index is 11.6. The molecule has 0 spiro atoms. The van der Waals surface area contributed by atoms with E-state index >= 15 is 0 Å². The molecule has 0 radical (unpaired) electrons. The Bertz CT molecular complexity index is 337. The van der Waals surface area contributed by atoms with Crippen molar-refractivity contribution in [3.63, 3.8) is 0 Å². The first-order chi connectivity index (χ1) is 6.56. The van der Waals surface area contributed by atoms with Crippen LogP contribution in [0.5, 0.6) is 0 Å². The molecule has 0 aromatic heterocycles. The van der Waals surface area contributed by atoms with Crippen molar-refractivity contribution in [3.05, 3.63) is 0 Å². The third-order valence-corrected chi connectivity index (χ3v) is 4.62. The normalized spacial score (nSPS) is 62.3. The van der Waals surface area contributed by atoms with Crippen LogP contribution in [-0.4, -0.2) is 58.8 Å². The molecular formula is C4H11N4O6P.